The van der Waals surface area contributed by atoms with Gasteiger partial charge in [0.2, 0.25) is 0 Å². The molecule has 3 aromatic carbocycles. The zero-order valence-electron chi connectivity index (χ0n) is 14.6. The molecule has 0 fully saturated rings. The average Bonchev–Trinajstić information content (AvgIpc) is 3.06. The summed E-state index contributed by atoms with van der Waals surface area (Å²) in [6.07, 6.45) is 0. The lowest BCUT2D eigenvalue weighted by atomic mass is 10.0. The first-order chi connectivity index (χ1) is 12.8. The molecule has 0 aliphatic rings. The second-order valence-electron chi connectivity index (χ2n) is 6.34. The number of hydrogen-bond donors (Lipinski definition) is 1. The quantitative estimate of drug-likeness (QED) is 0.415. The molecule has 0 radical (unpaired) electrons. The topological polar surface area (TPSA) is 20.7 Å². The highest BCUT2D eigenvalue weighted by atomic mass is 32.1. The lowest BCUT2D eigenvalue weighted by Crippen LogP contribution is -2.08. The van der Waals surface area contributed by atoms with Crippen LogP contribution < -0.4 is 0 Å². The molecule has 0 saturated carbocycles. The van der Waals surface area contributed by atoms with Crippen LogP contribution in [0.3, 0.4) is 0 Å². The van der Waals surface area contributed by atoms with Crippen LogP contribution >= 0.6 is 12.2 Å². The van der Waals surface area contributed by atoms with Crippen LogP contribution in [-0.2, 0) is 0 Å². The van der Waals surface area contributed by atoms with Gasteiger partial charge in [0.15, 0.2) is 4.77 Å². The minimum atomic E-state index is 0.132. The molecule has 2 nitrogen and oxygen atoms in total. The number of aromatic amines is 1. The number of rotatable bonds is 4. The summed E-state index contributed by atoms with van der Waals surface area (Å²) in [5, 5.41) is 0. The number of benzene rings is 3. The number of aromatic nitrogens is 2. The molecule has 1 heterocycles. The molecule has 128 valence electrons. The van der Waals surface area contributed by atoms with Crippen molar-refractivity contribution in [2.45, 2.75) is 13.0 Å². The third-order valence-corrected chi connectivity index (χ3v) is 5.01. The molecule has 4 rings (SSSR count). The van der Waals surface area contributed by atoms with Gasteiger partial charge in [-0.15, -0.1) is 0 Å². The summed E-state index contributed by atoms with van der Waals surface area (Å²) in [5.74, 6) is 0. The van der Waals surface area contributed by atoms with Crippen LogP contribution in [0.5, 0.6) is 0 Å². The van der Waals surface area contributed by atoms with Crippen molar-refractivity contribution in [3.63, 3.8) is 0 Å². The molecule has 0 bridgehead atoms. The molecule has 4 aromatic rings. The number of H-pyrrole nitrogens is 1. The first-order valence-electron chi connectivity index (χ1n) is 8.76. The highest BCUT2D eigenvalue weighted by molar-refractivity contribution is 7.71. The first kappa shape index (κ1) is 16.6. The predicted molar refractivity (Wildman–Crippen MR) is 111 cm³/mol. The van der Waals surface area contributed by atoms with Crippen LogP contribution in [0.15, 0.2) is 91.0 Å². The van der Waals surface area contributed by atoms with Gasteiger partial charge in [-0.1, -0.05) is 91.0 Å². The summed E-state index contributed by atoms with van der Waals surface area (Å²) in [5.41, 5.74) is 5.71. The standard InChI is InChI=1S/C23H20N2S/c1-17(18-11-5-2-6-12-18)25-22(20-15-9-4-10-16-20)21(24-23(25)26)19-13-7-3-8-14-19/h2-17H,1H3,(H,24,26)/t17-/m1/s1. The summed E-state index contributed by atoms with van der Waals surface area (Å²) >= 11 is 5.74. The molecule has 0 amide bonds. The van der Waals surface area contributed by atoms with E-state index in [9.17, 15) is 0 Å². The Kier molecular flexibility index (Phi) is 4.55. The second-order valence-corrected chi connectivity index (χ2v) is 6.73. The smallest absolute Gasteiger partial charge is 0.178 e. The van der Waals surface area contributed by atoms with E-state index in [0.717, 1.165) is 27.3 Å². The van der Waals surface area contributed by atoms with Crippen molar-refractivity contribution in [1.82, 2.24) is 9.55 Å². The van der Waals surface area contributed by atoms with Crippen molar-refractivity contribution in [1.29, 1.82) is 0 Å². The molecule has 3 heteroatoms. The molecule has 1 aromatic heterocycles. The molecular weight excluding hydrogens is 336 g/mol. The second kappa shape index (κ2) is 7.14. The Labute approximate surface area is 158 Å². The maximum Gasteiger partial charge on any atom is 0.178 e. The van der Waals surface area contributed by atoms with Crippen LogP contribution in [0.25, 0.3) is 22.5 Å². The van der Waals surface area contributed by atoms with Crippen LogP contribution in [0.2, 0.25) is 0 Å². The van der Waals surface area contributed by atoms with E-state index < -0.39 is 0 Å². The largest absolute Gasteiger partial charge is 0.330 e. The Bertz CT molecular complexity index is 1050. The lowest BCUT2D eigenvalue weighted by Gasteiger charge is -2.18. The SMILES string of the molecule is C[C@H](c1ccccc1)n1c(-c2ccccc2)c(-c2ccccc2)[nH]c1=S. The van der Waals surface area contributed by atoms with E-state index in [1.807, 2.05) is 18.2 Å². The maximum absolute atomic E-state index is 5.74. The van der Waals surface area contributed by atoms with E-state index in [1.165, 1.54) is 5.56 Å². The predicted octanol–water partition coefficient (Wildman–Crippen LogP) is 6.49. The van der Waals surface area contributed by atoms with Crippen molar-refractivity contribution < 1.29 is 0 Å². The highest BCUT2D eigenvalue weighted by Gasteiger charge is 2.20. The Balaban J connectivity index is 1.97. The van der Waals surface area contributed by atoms with Crippen molar-refractivity contribution >= 4 is 12.2 Å². The van der Waals surface area contributed by atoms with Gasteiger partial charge in [-0.25, -0.2) is 0 Å². The van der Waals surface area contributed by atoms with E-state index in [0.29, 0.717) is 0 Å². The van der Waals surface area contributed by atoms with E-state index in [2.05, 4.69) is 89.3 Å². The maximum atomic E-state index is 5.74. The first-order valence-corrected chi connectivity index (χ1v) is 9.17. The van der Waals surface area contributed by atoms with E-state index >= 15 is 0 Å². The lowest BCUT2D eigenvalue weighted by molar-refractivity contribution is 0.636. The molecular formula is C23H20N2S. The van der Waals surface area contributed by atoms with Gasteiger partial charge in [0.1, 0.15) is 0 Å². The fourth-order valence-corrected chi connectivity index (χ4v) is 3.74. The number of hydrogen-bond acceptors (Lipinski definition) is 1. The molecule has 0 aliphatic carbocycles. The molecule has 1 atom stereocenters. The number of nitrogens with zero attached hydrogens (tertiary/aromatic N) is 1. The van der Waals surface area contributed by atoms with Gasteiger partial charge in [-0.2, -0.15) is 0 Å². The Morgan fingerprint density at radius 2 is 1.23 bits per heavy atom. The van der Waals surface area contributed by atoms with Gasteiger partial charge in [-0.3, -0.25) is 0 Å². The number of nitrogens with one attached hydrogen (secondary N) is 1. The van der Waals surface area contributed by atoms with Crippen LogP contribution in [0.1, 0.15) is 18.5 Å². The number of imidazole rings is 1. The van der Waals surface area contributed by atoms with Crippen molar-refractivity contribution in [2.75, 3.05) is 0 Å². The molecule has 1 N–H and O–H groups in total. The summed E-state index contributed by atoms with van der Waals surface area (Å²) in [6.45, 7) is 2.19. The fraction of sp³-hybridized carbons (Fsp3) is 0.0870. The zero-order valence-corrected chi connectivity index (χ0v) is 15.4. The van der Waals surface area contributed by atoms with Crippen molar-refractivity contribution in [3.05, 3.63) is 101 Å². The Morgan fingerprint density at radius 3 is 1.81 bits per heavy atom. The normalized spacial score (nSPS) is 12.0. The van der Waals surface area contributed by atoms with Gasteiger partial charge in [0, 0.05) is 11.1 Å². The van der Waals surface area contributed by atoms with Crippen molar-refractivity contribution in [2.24, 2.45) is 0 Å². The molecule has 0 saturated heterocycles. The van der Waals surface area contributed by atoms with Gasteiger partial charge in [-0.05, 0) is 24.7 Å². The fourth-order valence-electron chi connectivity index (χ4n) is 3.39. The van der Waals surface area contributed by atoms with Gasteiger partial charge >= 0.3 is 0 Å². The minimum absolute atomic E-state index is 0.132. The summed E-state index contributed by atoms with van der Waals surface area (Å²) < 4.78 is 2.96. The summed E-state index contributed by atoms with van der Waals surface area (Å²) in [4.78, 5) is 3.46. The average molecular weight is 356 g/mol. The summed E-state index contributed by atoms with van der Waals surface area (Å²) in [6, 6.07) is 31.4. The highest BCUT2D eigenvalue weighted by Crippen LogP contribution is 2.35. The van der Waals surface area contributed by atoms with Crippen LogP contribution in [0.4, 0.5) is 0 Å². The molecule has 0 unspecified atom stereocenters. The zero-order chi connectivity index (χ0) is 17.9. The van der Waals surface area contributed by atoms with E-state index in [-0.39, 0.29) is 6.04 Å². The van der Waals surface area contributed by atoms with E-state index in [4.69, 9.17) is 12.2 Å². The van der Waals surface area contributed by atoms with Crippen molar-refractivity contribution in [3.8, 4) is 22.5 Å². The Hall–Kier alpha value is -2.91. The third-order valence-electron chi connectivity index (χ3n) is 4.71. The minimum Gasteiger partial charge on any atom is -0.330 e. The summed E-state index contributed by atoms with van der Waals surface area (Å²) in [7, 11) is 0. The van der Waals surface area contributed by atoms with Crippen LogP contribution in [0, 0.1) is 4.77 Å². The van der Waals surface area contributed by atoms with Gasteiger partial charge in [0.05, 0.1) is 17.4 Å². The van der Waals surface area contributed by atoms with Gasteiger partial charge in [0.25, 0.3) is 0 Å². The van der Waals surface area contributed by atoms with Gasteiger partial charge < -0.3 is 9.55 Å². The van der Waals surface area contributed by atoms with E-state index in [1.54, 1.807) is 0 Å². The molecule has 0 spiro atoms. The Morgan fingerprint density at radius 1 is 0.731 bits per heavy atom. The monoisotopic (exact) mass is 356 g/mol. The molecule has 26 heavy (non-hydrogen) atoms. The third kappa shape index (κ3) is 3.02. The molecule has 0 aliphatic heterocycles. The van der Waals surface area contributed by atoms with Crippen LogP contribution in [-0.4, -0.2) is 9.55 Å².